The molecule has 0 rings (SSSR count). The van der Waals surface area contributed by atoms with E-state index in [2.05, 4.69) is 37.5 Å². The number of rotatable bonds is 0. The number of hydrogen-bond acceptors (Lipinski definition) is 3. The quantitative estimate of drug-likeness (QED) is 0.252. The number of aliphatic carboxylic acids is 1. The fourth-order valence-electron chi connectivity index (χ4n) is 0. The van der Waals surface area contributed by atoms with Crippen molar-refractivity contribution in [1.82, 2.24) is 0 Å². The average molecular weight is 208 g/mol. The van der Waals surface area contributed by atoms with Crippen LogP contribution in [0, 0.1) is 0 Å². The van der Waals surface area contributed by atoms with Crippen molar-refractivity contribution in [2.24, 2.45) is 0 Å². The first-order valence-electron chi connectivity index (χ1n) is 1.56. The van der Waals surface area contributed by atoms with Crippen LogP contribution in [-0.4, -0.2) is 9.50 Å². The number of carboxylic acid groups (broad SMARTS) is 1. The Hall–Kier alpha value is 1.90. The van der Waals surface area contributed by atoms with Crippen LogP contribution >= 0.6 is 37.5 Å². The predicted molar refractivity (Wildman–Crippen MR) is 41.3 cm³/mol. The van der Waals surface area contributed by atoms with Crippen LogP contribution < -0.4 is 56.5 Å². The second kappa shape index (κ2) is 12.6. The first kappa shape index (κ1) is 17.1. The molecule has 0 aromatic carbocycles. The summed E-state index contributed by atoms with van der Waals surface area (Å²) in [5.41, 5.74) is 0. The van der Waals surface area contributed by atoms with Gasteiger partial charge in [0.1, 0.15) is 0 Å². The van der Waals surface area contributed by atoms with Crippen molar-refractivity contribution in [3.63, 3.8) is 0 Å². The monoisotopic (exact) mass is 208 g/mol. The second-order valence-corrected chi connectivity index (χ2v) is 3.03. The zero-order chi connectivity index (χ0) is 7.15. The minimum Gasteiger partial charge on any atom is -0.550 e. The summed E-state index contributed by atoms with van der Waals surface area (Å²) in [4.78, 5) is 8.89. The Morgan fingerprint density at radius 1 is 1.56 bits per heavy atom. The third-order valence-electron chi connectivity index (χ3n) is 0. The molecule has 2 nitrogen and oxygen atoms in total. The summed E-state index contributed by atoms with van der Waals surface area (Å²) in [5.74, 6) is -1.08. The largest absolute Gasteiger partial charge is 1.00 e. The van der Waals surface area contributed by atoms with Crippen molar-refractivity contribution >= 4 is 47.0 Å². The summed E-state index contributed by atoms with van der Waals surface area (Å²) in [7, 11) is 0. The van der Waals surface area contributed by atoms with E-state index in [1.54, 1.807) is 0 Å². The zero-order valence-corrected chi connectivity index (χ0v) is 10.8. The Bertz CT molecular complexity index is 75.1. The van der Waals surface area contributed by atoms with Gasteiger partial charge in [-0.05, 0) is 6.92 Å². The van der Waals surface area contributed by atoms with E-state index in [4.69, 9.17) is 9.90 Å². The molecule has 48 valence electrons. The molecule has 0 aliphatic carbocycles. The van der Waals surface area contributed by atoms with E-state index in [1.807, 2.05) is 0 Å². The van der Waals surface area contributed by atoms with Gasteiger partial charge in [-0.1, -0.05) is 12.2 Å². The van der Waals surface area contributed by atoms with Gasteiger partial charge in [0.15, 0.2) is 0 Å². The maximum atomic E-state index is 8.89. The van der Waals surface area contributed by atoms with E-state index in [0.29, 0.717) is 3.53 Å². The van der Waals surface area contributed by atoms with Gasteiger partial charge in [-0.3, -0.25) is 0 Å². The number of thiocarbonyl (C=S) groups is 1. The molecule has 0 aromatic heterocycles. The first-order chi connectivity index (χ1) is 3.46. The van der Waals surface area contributed by atoms with Crippen molar-refractivity contribution in [1.29, 1.82) is 0 Å². The van der Waals surface area contributed by atoms with Gasteiger partial charge in [0, 0.05) is 5.97 Å². The van der Waals surface area contributed by atoms with Gasteiger partial charge >= 0.3 is 51.4 Å². The van der Waals surface area contributed by atoms with Gasteiger partial charge < -0.3 is 9.90 Å². The SMILES string of the molecule is CC(=O)[O-].S=C(S)S.[K+]. The number of carbonyl (C=O) groups is 1. The molecule has 0 aromatic rings. The van der Waals surface area contributed by atoms with E-state index >= 15 is 0 Å². The molecule has 0 aliphatic rings. The summed E-state index contributed by atoms with van der Waals surface area (Å²) in [5, 5.41) is 8.89. The summed E-state index contributed by atoms with van der Waals surface area (Å²) < 4.78 is 0.389. The van der Waals surface area contributed by atoms with E-state index in [0.717, 1.165) is 6.92 Å². The summed E-state index contributed by atoms with van der Waals surface area (Å²) >= 11 is 11.4. The molecule has 9 heavy (non-hydrogen) atoms. The third kappa shape index (κ3) is 172. The summed E-state index contributed by atoms with van der Waals surface area (Å²) in [6.07, 6.45) is 0. The Morgan fingerprint density at radius 3 is 1.56 bits per heavy atom. The van der Waals surface area contributed by atoms with Gasteiger partial charge in [0.05, 0.1) is 3.53 Å². The minimum absolute atomic E-state index is 0. The molecule has 0 bridgehead atoms. The van der Waals surface area contributed by atoms with Gasteiger partial charge in [-0.15, -0.1) is 25.3 Å². The van der Waals surface area contributed by atoms with Gasteiger partial charge in [0.2, 0.25) is 0 Å². The third-order valence-corrected chi connectivity index (χ3v) is 0. The summed E-state index contributed by atoms with van der Waals surface area (Å²) in [6, 6.07) is 0. The van der Waals surface area contributed by atoms with Gasteiger partial charge in [-0.2, -0.15) is 0 Å². The van der Waals surface area contributed by atoms with Crippen molar-refractivity contribution in [2.45, 2.75) is 6.92 Å². The predicted octanol–water partition coefficient (Wildman–Crippen LogP) is -3.11. The van der Waals surface area contributed by atoms with Crippen LogP contribution in [0.1, 0.15) is 6.92 Å². The van der Waals surface area contributed by atoms with Crippen LogP contribution in [-0.2, 0) is 4.79 Å². The van der Waals surface area contributed by atoms with E-state index in [1.165, 1.54) is 0 Å². The molecule has 0 aliphatic heterocycles. The van der Waals surface area contributed by atoms with E-state index in [9.17, 15) is 0 Å². The first-order valence-corrected chi connectivity index (χ1v) is 2.86. The molecular formula is C3H5KO2S3. The molecule has 0 N–H and O–H groups in total. The standard InChI is InChI=1S/C2H4O2.CH2S3.K/c1-2(3)4;2-1(3)4;/h1H3,(H,3,4);(H2,2,3,4);/q;;+1/p-1. The van der Waals surface area contributed by atoms with Crippen LogP contribution in [0.2, 0.25) is 0 Å². The van der Waals surface area contributed by atoms with Crippen LogP contribution in [0.25, 0.3) is 0 Å². The molecule has 0 saturated carbocycles. The maximum absolute atomic E-state index is 8.89. The van der Waals surface area contributed by atoms with Crippen molar-refractivity contribution in [3.8, 4) is 0 Å². The van der Waals surface area contributed by atoms with Crippen LogP contribution in [0.5, 0.6) is 0 Å². The van der Waals surface area contributed by atoms with Crippen molar-refractivity contribution in [2.75, 3.05) is 0 Å². The molecule has 0 spiro atoms. The number of hydrogen-bond donors (Lipinski definition) is 2. The van der Waals surface area contributed by atoms with E-state index < -0.39 is 5.97 Å². The molecule has 0 amide bonds. The van der Waals surface area contributed by atoms with Crippen LogP contribution in [0.15, 0.2) is 0 Å². The fourth-order valence-corrected chi connectivity index (χ4v) is 0. The number of thiol groups is 2. The molecule has 0 heterocycles. The van der Waals surface area contributed by atoms with Crippen molar-refractivity contribution in [3.05, 3.63) is 0 Å². The Balaban J connectivity index is -0.0000000720. The number of carboxylic acids is 1. The van der Waals surface area contributed by atoms with Crippen LogP contribution in [0.4, 0.5) is 0 Å². The van der Waals surface area contributed by atoms with Crippen molar-refractivity contribution < 1.29 is 61.3 Å². The Labute approximate surface area is 113 Å². The minimum atomic E-state index is -1.08. The van der Waals surface area contributed by atoms with Gasteiger partial charge in [0.25, 0.3) is 0 Å². The topological polar surface area (TPSA) is 40.1 Å². The maximum Gasteiger partial charge on any atom is 1.00 e. The molecular weight excluding hydrogens is 203 g/mol. The fraction of sp³-hybridized carbons (Fsp3) is 0.333. The Kier molecular flexibility index (Phi) is 23.9. The summed E-state index contributed by atoms with van der Waals surface area (Å²) in [6.45, 7) is 0.972. The normalized spacial score (nSPS) is 5.67. The molecule has 0 radical (unpaired) electrons. The zero-order valence-electron chi connectivity index (χ0n) is 5.12. The molecule has 0 unspecified atom stereocenters. The smallest absolute Gasteiger partial charge is 0.550 e. The van der Waals surface area contributed by atoms with E-state index in [-0.39, 0.29) is 51.4 Å². The molecule has 0 saturated heterocycles. The number of carbonyl (C=O) groups excluding carboxylic acids is 1. The Morgan fingerprint density at radius 2 is 1.56 bits per heavy atom. The average Bonchev–Trinajstić information content (AvgIpc) is 1.25. The molecule has 6 heteroatoms. The second-order valence-electron chi connectivity index (χ2n) is 0.774. The van der Waals surface area contributed by atoms with Gasteiger partial charge in [-0.25, -0.2) is 0 Å². The molecule has 0 atom stereocenters. The van der Waals surface area contributed by atoms with Crippen LogP contribution in [0.3, 0.4) is 0 Å². The molecule has 0 fully saturated rings.